The molecule has 0 aromatic carbocycles. The van der Waals surface area contributed by atoms with Crippen LogP contribution >= 0.6 is 15.9 Å². The average molecular weight is 881 g/mol. The molecule has 3 heterocycles. The number of hydrogen-bond donors (Lipinski definition) is 2. The van der Waals surface area contributed by atoms with Crippen molar-refractivity contribution in [1.82, 2.24) is 20.3 Å². The fraction of sp³-hybridized carbons (Fsp3) is 0.415. The third-order valence-electron chi connectivity index (χ3n) is 5.54. The van der Waals surface area contributed by atoms with Gasteiger partial charge >= 0.3 is 18.0 Å². The highest BCUT2D eigenvalue weighted by Gasteiger charge is 2.17. The quantitative estimate of drug-likeness (QED) is 0.0768. The molecule has 0 fully saturated rings. The molecule has 3 rings (SSSR count). The normalized spacial score (nSPS) is 10.1. The number of ether oxygens (including phenoxy) is 3. The Hall–Kier alpha value is -6.58. The summed E-state index contributed by atoms with van der Waals surface area (Å²) in [6, 6.07) is 4.48. The number of nitrogens with zero attached hydrogens (tertiary/aromatic N) is 5. The SMILES string of the molecule is C#CCNC(=O)OC(C)(C)C.CC(C)(C)OC(=O)CCC#Cc1cncc(N)c1.CC(C)(C)OC(=O)CCC#Cc1cncc([N+](=O)[O-])c1.O=[N+]([O-])c1cncc(Br)c1. The van der Waals surface area contributed by atoms with Crippen LogP contribution in [0.5, 0.6) is 0 Å². The van der Waals surface area contributed by atoms with Crippen molar-refractivity contribution in [2.75, 3.05) is 12.3 Å². The lowest BCUT2D eigenvalue weighted by Crippen LogP contribution is -2.32. The molecule has 0 unspecified atom stereocenters. The van der Waals surface area contributed by atoms with Crippen LogP contribution in [0.3, 0.4) is 0 Å². The number of aromatic nitrogens is 3. The summed E-state index contributed by atoms with van der Waals surface area (Å²) in [5.74, 6) is 13.0. The number of amides is 1. The molecule has 3 aromatic rings. The minimum absolute atomic E-state index is 0.00521. The highest BCUT2D eigenvalue weighted by molar-refractivity contribution is 9.10. The molecular weight excluding hydrogens is 830 g/mol. The Balaban J connectivity index is 0.000000791. The summed E-state index contributed by atoms with van der Waals surface area (Å²) in [6.45, 7) is 16.5. The molecule has 0 saturated carbocycles. The summed E-state index contributed by atoms with van der Waals surface area (Å²) < 4.78 is 15.8. The first-order valence-corrected chi connectivity index (χ1v) is 18.5. The van der Waals surface area contributed by atoms with Crippen LogP contribution < -0.4 is 11.1 Å². The van der Waals surface area contributed by atoms with Gasteiger partial charge in [-0.05, 0) is 84.3 Å². The van der Waals surface area contributed by atoms with Crippen LogP contribution in [-0.4, -0.2) is 66.2 Å². The van der Waals surface area contributed by atoms with E-state index >= 15 is 0 Å². The third kappa shape index (κ3) is 30.3. The number of alkyl carbamates (subject to hydrolysis) is 1. The van der Waals surface area contributed by atoms with E-state index in [-0.39, 0.29) is 36.3 Å². The van der Waals surface area contributed by atoms with Gasteiger partial charge in [0.25, 0.3) is 11.4 Å². The van der Waals surface area contributed by atoms with Crippen molar-refractivity contribution < 1.29 is 38.4 Å². The molecule has 316 valence electrons. The number of hydrogen-bond acceptors (Lipinski definition) is 14. The Labute approximate surface area is 353 Å². The van der Waals surface area contributed by atoms with E-state index in [1.165, 1.54) is 30.7 Å². The molecule has 3 aromatic heterocycles. The van der Waals surface area contributed by atoms with E-state index in [4.69, 9.17) is 26.4 Å². The van der Waals surface area contributed by atoms with Crippen LogP contribution in [0.1, 0.15) is 99.1 Å². The van der Waals surface area contributed by atoms with Crippen molar-refractivity contribution in [2.24, 2.45) is 0 Å². The number of carbonyl (C=O) groups excluding carboxylic acids is 3. The second-order valence-corrected chi connectivity index (χ2v) is 15.6. The molecule has 0 aliphatic carbocycles. The van der Waals surface area contributed by atoms with Gasteiger partial charge in [0.15, 0.2) is 0 Å². The number of nitro groups is 2. The van der Waals surface area contributed by atoms with Crippen LogP contribution in [0.15, 0.2) is 59.9 Å². The first-order valence-electron chi connectivity index (χ1n) is 17.7. The lowest BCUT2D eigenvalue weighted by molar-refractivity contribution is -0.385. The summed E-state index contributed by atoms with van der Waals surface area (Å²) >= 11 is 3.06. The second-order valence-electron chi connectivity index (χ2n) is 14.7. The van der Waals surface area contributed by atoms with Crippen molar-refractivity contribution in [1.29, 1.82) is 0 Å². The number of pyridine rings is 3. The Morgan fingerprint density at radius 1 is 0.712 bits per heavy atom. The molecule has 3 N–H and O–H groups in total. The average Bonchev–Trinajstić information content (AvgIpc) is 3.10. The zero-order chi connectivity index (χ0) is 45.2. The molecule has 0 spiro atoms. The molecule has 1 amide bonds. The van der Waals surface area contributed by atoms with Gasteiger partial charge in [-0.2, -0.15) is 0 Å². The van der Waals surface area contributed by atoms with E-state index in [9.17, 15) is 34.6 Å². The van der Waals surface area contributed by atoms with E-state index in [2.05, 4.69) is 65.8 Å². The van der Waals surface area contributed by atoms with Crippen molar-refractivity contribution >= 4 is 51.0 Å². The number of esters is 2. The summed E-state index contributed by atoms with van der Waals surface area (Å²) in [5, 5.41) is 23.1. The third-order valence-corrected chi connectivity index (χ3v) is 5.98. The van der Waals surface area contributed by atoms with Gasteiger partial charge in [0, 0.05) is 65.4 Å². The lowest BCUT2D eigenvalue weighted by Gasteiger charge is -2.18. The van der Waals surface area contributed by atoms with Crippen LogP contribution in [-0.2, 0) is 23.8 Å². The summed E-state index contributed by atoms with van der Waals surface area (Å²) in [6.07, 6.45) is 14.2. The number of nitrogen functional groups attached to an aromatic ring is 1. The summed E-state index contributed by atoms with van der Waals surface area (Å²) in [7, 11) is 0. The van der Waals surface area contributed by atoms with Crippen molar-refractivity contribution in [2.45, 2.75) is 105 Å². The molecule has 59 heavy (non-hydrogen) atoms. The molecule has 0 saturated heterocycles. The van der Waals surface area contributed by atoms with E-state index < -0.39 is 32.7 Å². The van der Waals surface area contributed by atoms with Gasteiger partial charge in [0.05, 0.1) is 34.9 Å². The minimum Gasteiger partial charge on any atom is -0.460 e. The van der Waals surface area contributed by atoms with Crippen molar-refractivity contribution in [3.8, 4) is 36.0 Å². The predicted octanol–water partition coefficient (Wildman–Crippen LogP) is 7.50. The lowest BCUT2D eigenvalue weighted by atomic mass is 10.2. The summed E-state index contributed by atoms with van der Waals surface area (Å²) in [4.78, 5) is 64.5. The van der Waals surface area contributed by atoms with Gasteiger partial charge < -0.3 is 25.3 Å². The number of carbonyl (C=O) groups is 3. The first kappa shape index (κ1) is 52.4. The number of halogens is 1. The van der Waals surface area contributed by atoms with E-state index in [0.29, 0.717) is 35.0 Å². The Morgan fingerprint density at radius 2 is 1.14 bits per heavy atom. The van der Waals surface area contributed by atoms with E-state index in [1.807, 2.05) is 20.8 Å². The van der Waals surface area contributed by atoms with Gasteiger partial charge in [0.1, 0.15) is 29.2 Å². The van der Waals surface area contributed by atoms with Crippen LogP contribution in [0.4, 0.5) is 21.9 Å². The van der Waals surface area contributed by atoms with Gasteiger partial charge in [-0.1, -0.05) is 29.6 Å². The molecular formula is C41H50BrN7O10. The van der Waals surface area contributed by atoms with Crippen molar-refractivity contribution in [3.05, 3.63) is 91.2 Å². The maximum atomic E-state index is 11.4. The highest BCUT2D eigenvalue weighted by atomic mass is 79.9. The molecule has 17 nitrogen and oxygen atoms in total. The van der Waals surface area contributed by atoms with Crippen LogP contribution in [0, 0.1) is 56.3 Å². The second kappa shape index (κ2) is 26.4. The fourth-order valence-electron chi connectivity index (χ4n) is 3.50. The zero-order valence-corrected chi connectivity index (χ0v) is 36.2. The van der Waals surface area contributed by atoms with Gasteiger partial charge in [-0.3, -0.25) is 44.8 Å². The number of rotatable bonds is 7. The largest absolute Gasteiger partial charge is 0.460 e. The van der Waals surface area contributed by atoms with Gasteiger partial charge in [0.2, 0.25) is 0 Å². The maximum Gasteiger partial charge on any atom is 0.408 e. The number of nitrogens with one attached hydrogen (secondary N) is 1. The fourth-order valence-corrected chi connectivity index (χ4v) is 3.86. The number of terminal acetylenes is 1. The summed E-state index contributed by atoms with van der Waals surface area (Å²) in [5.41, 5.74) is 5.83. The Morgan fingerprint density at radius 3 is 1.53 bits per heavy atom. The zero-order valence-electron chi connectivity index (χ0n) is 34.6. The van der Waals surface area contributed by atoms with Gasteiger partial charge in [-0.25, -0.2) is 4.79 Å². The van der Waals surface area contributed by atoms with Crippen LogP contribution in [0.25, 0.3) is 0 Å². The standard InChI is InChI=1S/C14H16N2O4.C14H18N2O2.C8H13NO2.C5H3BrN2O2/c1-14(2,3)20-13(17)7-5-4-6-11-8-12(16(18)19)10-15-9-11;1-14(2,3)18-13(17)7-5-4-6-11-8-12(15)10-16-9-11;1-5-6-9-7(10)11-8(2,3)4;6-4-1-5(8(9)10)3-7-2-4/h8-10H,5,7H2,1-3H3;8-10H,5,7,15H2,1-3H3;1H,6H2,2-4H3,(H,9,10);1-3H. The monoisotopic (exact) mass is 879 g/mol. The minimum atomic E-state index is -0.529. The molecule has 0 bridgehead atoms. The smallest absolute Gasteiger partial charge is 0.408 e. The predicted molar refractivity (Wildman–Crippen MR) is 225 cm³/mol. The van der Waals surface area contributed by atoms with E-state index in [1.54, 1.807) is 60.0 Å². The Bertz CT molecular complexity index is 2040. The highest BCUT2D eigenvalue weighted by Crippen LogP contribution is 2.15. The first-order chi connectivity index (χ1) is 27.3. The molecule has 0 radical (unpaired) electrons. The molecule has 18 heteroatoms. The maximum absolute atomic E-state index is 11.4. The van der Waals surface area contributed by atoms with Crippen LogP contribution in [0.2, 0.25) is 0 Å². The van der Waals surface area contributed by atoms with Crippen molar-refractivity contribution in [3.63, 3.8) is 0 Å². The Kier molecular flexibility index (Phi) is 23.4. The van der Waals surface area contributed by atoms with Gasteiger partial charge in [-0.15, -0.1) is 6.42 Å². The van der Waals surface area contributed by atoms with E-state index in [0.717, 1.165) is 11.8 Å². The number of anilines is 1. The number of nitrogens with two attached hydrogens (primary N) is 1. The molecule has 0 atom stereocenters. The molecule has 0 aliphatic rings. The molecule has 0 aliphatic heterocycles. The topological polar surface area (TPSA) is 242 Å².